The molecule has 1 heterocycles. The van der Waals surface area contributed by atoms with Crippen LogP contribution in [0.3, 0.4) is 0 Å². The van der Waals surface area contributed by atoms with E-state index in [0.29, 0.717) is 12.3 Å². The summed E-state index contributed by atoms with van der Waals surface area (Å²) in [5.74, 6) is 0.350. The lowest BCUT2D eigenvalue weighted by Crippen LogP contribution is -2.43. The predicted octanol–water partition coefficient (Wildman–Crippen LogP) is 2.77. The Morgan fingerprint density at radius 2 is 1.96 bits per heavy atom. The number of amides is 1. The van der Waals surface area contributed by atoms with Gasteiger partial charge in [-0.05, 0) is 30.7 Å². The van der Waals surface area contributed by atoms with E-state index >= 15 is 0 Å². The number of nitrogens with one attached hydrogen (secondary N) is 1. The van der Waals surface area contributed by atoms with Gasteiger partial charge in [-0.15, -0.1) is 0 Å². The van der Waals surface area contributed by atoms with Gasteiger partial charge in [0, 0.05) is 6.54 Å². The number of aliphatic hydroxyl groups is 1. The average Bonchev–Trinajstić information content (AvgIpc) is 2.91. The van der Waals surface area contributed by atoms with Crippen LogP contribution >= 0.6 is 0 Å². The van der Waals surface area contributed by atoms with Gasteiger partial charge in [0.15, 0.2) is 0 Å². The molecule has 0 bridgehead atoms. The zero-order chi connectivity index (χ0) is 17.5. The molecule has 0 aliphatic carbocycles. The van der Waals surface area contributed by atoms with E-state index < -0.39 is 12.1 Å². The second kappa shape index (κ2) is 9.19. The largest absolute Gasteiger partial charge is 0.391 e. The minimum Gasteiger partial charge on any atom is -0.391 e. The smallest absolute Gasteiger partial charge is 0.243 e. The van der Waals surface area contributed by atoms with Crippen molar-refractivity contribution in [3.05, 3.63) is 42.3 Å². The minimum atomic E-state index is -0.768. The van der Waals surface area contributed by atoms with Gasteiger partial charge in [0.05, 0.1) is 12.3 Å². The Labute approximate surface area is 146 Å². The molecule has 2 rings (SSSR count). The lowest BCUT2D eigenvalue weighted by atomic mass is 10.0. The van der Waals surface area contributed by atoms with Crippen LogP contribution in [-0.4, -0.2) is 40.8 Å². The first-order valence-corrected chi connectivity index (χ1v) is 9.16. The van der Waals surface area contributed by atoms with Crippen LogP contribution in [0.15, 0.2) is 30.3 Å². The fourth-order valence-corrected chi connectivity index (χ4v) is 3.25. The van der Waals surface area contributed by atoms with Crippen molar-refractivity contribution in [1.29, 1.82) is 0 Å². The van der Waals surface area contributed by atoms with Crippen LogP contribution in [-0.2, 0) is 11.2 Å². The molecular weight excluding hydrogens is 300 g/mol. The van der Waals surface area contributed by atoms with E-state index in [9.17, 15) is 9.90 Å². The highest BCUT2D eigenvalue weighted by Crippen LogP contribution is 2.21. The van der Waals surface area contributed by atoms with Crippen LogP contribution in [0.5, 0.6) is 0 Å². The molecule has 0 spiro atoms. The molecule has 1 unspecified atom stereocenters. The van der Waals surface area contributed by atoms with E-state index in [0.717, 1.165) is 31.4 Å². The van der Waals surface area contributed by atoms with Gasteiger partial charge in [0.2, 0.25) is 5.91 Å². The van der Waals surface area contributed by atoms with Crippen molar-refractivity contribution in [2.24, 2.45) is 5.92 Å². The van der Waals surface area contributed by atoms with Crippen molar-refractivity contribution in [3.63, 3.8) is 0 Å². The average molecular weight is 331 g/mol. The third-order valence-electron chi connectivity index (χ3n) is 4.65. The van der Waals surface area contributed by atoms with Crippen LogP contribution in [0.4, 0.5) is 0 Å². The number of benzene rings is 1. The van der Waals surface area contributed by atoms with Crippen molar-refractivity contribution in [1.82, 2.24) is 10.2 Å². The number of aliphatic hydroxyl groups excluding tert-OH is 1. The van der Waals surface area contributed by atoms with E-state index in [1.807, 2.05) is 41.7 Å². The Bertz CT molecular complexity index is 504. The molecule has 1 fully saturated rings. The monoisotopic (exact) mass is 331 g/mol. The second-order valence-electron chi connectivity index (χ2n) is 6.99. The van der Waals surface area contributed by atoms with E-state index in [-0.39, 0.29) is 12.1 Å². The maximum Gasteiger partial charge on any atom is 0.243 e. The molecule has 24 heavy (non-hydrogen) atoms. The molecule has 3 atom stereocenters. The second-order valence-corrected chi connectivity index (χ2v) is 6.99. The zero-order valence-electron chi connectivity index (χ0n) is 15.1. The first-order chi connectivity index (χ1) is 11.5. The summed E-state index contributed by atoms with van der Waals surface area (Å²) in [5, 5.41) is 13.9. The van der Waals surface area contributed by atoms with E-state index in [4.69, 9.17) is 0 Å². The van der Waals surface area contributed by atoms with Crippen LogP contribution in [0.25, 0.3) is 0 Å². The highest BCUT2D eigenvalue weighted by molar-refractivity contribution is 5.85. The van der Waals surface area contributed by atoms with Gasteiger partial charge < -0.3 is 10.0 Å². The molecule has 1 aliphatic heterocycles. The molecule has 0 saturated carbocycles. The number of unbranched alkanes of at least 4 members (excludes halogenated alkanes) is 2. The molecule has 4 nitrogen and oxygen atoms in total. The molecule has 1 amide bonds. The summed E-state index contributed by atoms with van der Waals surface area (Å²) in [5.41, 5.74) is 1.14. The highest BCUT2D eigenvalue weighted by Gasteiger charge is 2.42. The Balaban J connectivity index is 1.95. The van der Waals surface area contributed by atoms with E-state index in [1.54, 1.807) is 0 Å². The van der Waals surface area contributed by atoms with Crippen LogP contribution in [0.2, 0.25) is 0 Å². The fourth-order valence-electron chi connectivity index (χ4n) is 3.25. The summed E-state index contributed by atoms with van der Waals surface area (Å²) in [7, 11) is 0. The van der Waals surface area contributed by atoms with Crippen LogP contribution < -0.4 is 5.32 Å². The lowest BCUT2D eigenvalue weighted by Gasteiger charge is -2.27. The molecule has 4 heteroatoms. The van der Waals surface area contributed by atoms with Crippen molar-refractivity contribution in [3.8, 4) is 0 Å². The van der Waals surface area contributed by atoms with Crippen LogP contribution in [0.1, 0.15) is 45.6 Å². The van der Waals surface area contributed by atoms with Crippen LogP contribution in [0, 0.1) is 12.3 Å². The summed E-state index contributed by atoms with van der Waals surface area (Å²) in [6, 6.07) is 9.48. The minimum absolute atomic E-state index is 0.0131. The molecular formula is C20H31N2O2. The van der Waals surface area contributed by atoms with Crippen molar-refractivity contribution in [2.45, 2.75) is 64.8 Å². The molecule has 0 aromatic heterocycles. The predicted molar refractivity (Wildman–Crippen MR) is 97.2 cm³/mol. The Morgan fingerprint density at radius 1 is 1.25 bits per heavy atom. The van der Waals surface area contributed by atoms with E-state index in [1.165, 1.54) is 0 Å². The van der Waals surface area contributed by atoms with Gasteiger partial charge in [0.1, 0.15) is 6.04 Å². The SMILES string of the molecule is CCCCCN1C(=O)[C@H]([C@H](O)[CH]Cc2ccccc2)NC1C(C)C. The van der Waals surface area contributed by atoms with Gasteiger partial charge in [-0.2, -0.15) is 0 Å². The topological polar surface area (TPSA) is 52.6 Å². The Morgan fingerprint density at radius 3 is 2.58 bits per heavy atom. The number of nitrogens with zero attached hydrogens (tertiary/aromatic N) is 1. The van der Waals surface area contributed by atoms with Gasteiger partial charge in [-0.1, -0.05) is 63.9 Å². The van der Waals surface area contributed by atoms with Gasteiger partial charge >= 0.3 is 0 Å². The number of rotatable bonds is 9. The molecule has 1 aromatic rings. The highest BCUT2D eigenvalue weighted by atomic mass is 16.3. The molecule has 1 aromatic carbocycles. The number of hydrogen-bond donors (Lipinski definition) is 2. The summed E-state index contributed by atoms with van der Waals surface area (Å²) >= 11 is 0. The zero-order valence-corrected chi connectivity index (χ0v) is 15.1. The molecule has 1 saturated heterocycles. The third kappa shape index (κ3) is 4.81. The summed E-state index contributed by atoms with van der Waals surface area (Å²) in [6.07, 6.45) is 5.02. The Kier molecular flexibility index (Phi) is 7.25. The normalized spacial score (nSPS) is 22.4. The Hall–Kier alpha value is -1.39. The van der Waals surface area contributed by atoms with E-state index in [2.05, 4.69) is 26.1 Å². The maximum absolute atomic E-state index is 12.8. The molecule has 1 aliphatic rings. The molecule has 133 valence electrons. The first-order valence-electron chi connectivity index (χ1n) is 9.16. The van der Waals surface area contributed by atoms with Gasteiger partial charge in [-0.25, -0.2) is 0 Å². The lowest BCUT2D eigenvalue weighted by molar-refractivity contribution is -0.132. The number of carbonyl (C=O) groups excluding carboxylic acids is 1. The van der Waals surface area contributed by atoms with Crippen molar-refractivity contribution < 1.29 is 9.90 Å². The first kappa shape index (κ1) is 18.9. The summed E-state index contributed by atoms with van der Waals surface area (Å²) in [6.45, 7) is 7.15. The molecule has 2 N–H and O–H groups in total. The quantitative estimate of drug-likeness (QED) is 0.684. The summed E-state index contributed by atoms with van der Waals surface area (Å²) < 4.78 is 0. The number of carbonyl (C=O) groups is 1. The van der Waals surface area contributed by atoms with Gasteiger partial charge in [-0.3, -0.25) is 10.1 Å². The molecule has 1 radical (unpaired) electrons. The van der Waals surface area contributed by atoms with Crippen molar-refractivity contribution >= 4 is 5.91 Å². The maximum atomic E-state index is 12.8. The standard InChI is InChI=1S/C20H31N2O2/c1-4-5-9-14-22-19(15(2)3)21-18(20(22)24)17(23)13-12-16-10-7-6-8-11-16/h6-8,10-11,13,15,17-19,21,23H,4-5,9,12,14H2,1-3H3/t17-,18+,19?/m1/s1. The third-order valence-corrected chi connectivity index (χ3v) is 4.65. The summed E-state index contributed by atoms with van der Waals surface area (Å²) in [4.78, 5) is 14.7. The van der Waals surface area contributed by atoms with Gasteiger partial charge in [0.25, 0.3) is 0 Å². The number of hydrogen-bond acceptors (Lipinski definition) is 3. The fraction of sp³-hybridized carbons (Fsp3) is 0.600. The van der Waals surface area contributed by atoms with Crippen molar-refractivity contribution in [2.75, 3.05) is 6.54 Å².